The lowest BCUT2D eigenvalue weighted by Gasteiger charge is -1.95. The van der Waals surface area contributed by atoms with Crippen LogP contribution in [0.1, 0.15) is 17.5 Å². The first-order valence-corrected chi connectivity index (χ1v) is 6.62. The van der Waals surface area contributed by atoms with Crippen LogP contribution in [-0.4, -0.2) is 12.6 Å². The average molecular weight is 274 g/mol. The van der Waals surface area contributed by atoms with Gasteiger partial charge in [-0.3, -0.25) is 0 Å². The van der Waals surface area contributed by atoms with E-state index in [1.807, 2.05) is 60.7 Å². The van der Waals surface area contributed by atoms with Crippen molar-refractivity contribution < 1.29 is 9.53 Å². The second-order valence-electron chi connectivity index (χ2n) is 4.17. The summed E-state index contributed by atoms with van der Waals surface area (Å²) in [5, 5.41) is 0. The molecular formula is C19H14O2. The highest BCUT2D eigenvalue weighted by Crippen LogP contribution is 1.96. The van der Waals surface area contributed by atoms with Gasteiger partial charge in [0, 0.05) is 23.5 Å². The number of carbonyl (C=O) groups excluding carboxylic acids is 1. The number of ether oxygens (including phenoxy) is 1. The van der Waals surface area contributed by atoms with Crippen molar-refractivity contribution in [2.45, 2.75) is 6.42 Å². The van der Waals surface area contributed by atoms with E-state index in [1.54, 1.807) is 0 Å². The van der Waals surface area contributed by atoms with E-state index in [-0.39, 0.29) is 6.61 Å². The molecule has 0 saturated heterocycles. The lowest BCUT2D eigenvalue weighted by molar-refractivity contribution is -0.136. The van der Waals surface area contributed by atoms with E-state index in [0.29, 0.717) is 6.42 Å². The van der Waals surface area contributed by atoms with Gasteiger partial charge in [0.15, 0.2) is 0 Å². The van der Waals surface area contributed by atoms with Gasteiger partial charge >= 0.3 is 5.97 Å². The van der Waals surface area contributed by atoms with Crippen molar-refractivity contribution >= 4 is 5.97 Å². The Morgan fingerprint density at radius 3 is 2.05 bits per heavy atom. The van der Waals surface area contributed by atoms with Crippen molar-refractivity contribution in [2.24, 2.45) is 0 Å². The van der Waals surface area contributed by atoms with Gasteiger partial charge in [-0.1, -0.05) is 54.2 Å². The van der Waals surface area contributed by atoms with Gasteiger partial charge in [0.1, 0.15) is 6.61 Å². The summed E-state index contributed by atoms with van der Waals surface area (Å²) in [6.07, 6.45) is 0.494. The smallest absolute Gasteiger partial charge is 0.384 e. The Morgan fingerprint density at radius 1 is 0.857 bits per heavy atom. The van der Waals surface area contributed by atoms with Gasteiger partial charge in [0.25, 0.3) is 0 Å². The van der Waals surface area contributed by atoms with E-state index < -0.39 is 5.97 Å². The Hall–Kier alpha value is -2.97. The average Bonchev–Trinajstić information content (AvgIpc) is 2.54. The van der Waals surface area contributed by atoms with Crippen LogP contribution in [-0.2, 0) is 9.53 Å². The van der Waals surface area contributed by atoms with Crippen LogP contribution < -0.4 is 0 Å². The molecule has 0 aliphatic carbocycles. The Bertz CT molecular complexity index is 695. The number of esters is 1. The first-order valence-electron chi connectivity index (χ1n) is 6.62. The maximum Gasteiger partial charge on any atom is 0.384 e. The van der Waals surface area contributed by atoms with Gasteiger partial charge in [-0.15, -0.1) is 0 Å². The van der Waals surface area contributed by atoms with E-state index in [1.165, 1.54) is 0 Å². The highest BCUT2D eigenvalue weighted by molar-refractivity contribution is 5.89. The van der Waals surface area contributed by atoms with Crippen molar-refractivity contribution in [3.05, 3.63) is 71.8 Å². The predicted octanol–water partition coefficient (Wildman–Crippen LogP) is 3.02. The maximum absolute atomic E-state index is 11.4. The third kappa shape index (κ3) is 5.68. The SMILES string of the molecule is O=C(C#Cc1ccccc1)OCCC#Cc1ccccc1. The summed E-state index contributed by atoms with van der Waals surface area (Å²) in [5.41, 5.74) is 1.74. The highest BCUT2D eigenvalue weighted by Gasteiger charge is 1.95. The minimum absolute atomic E-state index is 0.252. The second kappa shape index (κ2) is 8.25. The zero-order chi connectivity index (χ0) is 14.8. The fourth-order valence-corrected chi connectivity index (χ4v) is 1.56. The van der Waals surface area contributed by atoms with Gasteiger partial charge in [0.05, 0.1) is 0 Å². The van der Waals surface area contributed by atoms with Crippen molar-refractivity contribution in [1.82, 2.24) is 0 Å². The first-order chi connectivity index (χ1) is 10.3. The lowest BCUT2D eigenvalue weighted by atomic mass is 10.2. The molecule has 102 valence electrons. The predicted molar refractivity (Wildman–Crippen MR) is 82.2 cm³/mol. The van der Waals surface area contributed by atoms with Crippen LogP contribution in [0, 0.1) is 23.7 Å². The monoisotopic (exact) mass is 274 g/mol. The van der Waals surface area contributed by atoms with Crippen LogP contribution >= 0.6 is 0 Å². The van der Waals surface area contributed by atoms with E-state index in [0.717, 1.165) is 11.1 Å². The Kier molecular flexibility index (Phi) is 5.67. The molecule has 0 heterocycles. The summed E-state index contributed by atoms with van der Waals surface area (Å²) < 4.78 is 4.99. The largest absolute Gasteiger partial charge is 0.455 e. The molecule has 0 aliphatic rings. The second-order valence-corrected chi connectivity index (χ2v) is 4.17. The number of benzene rings is 2. The minimum Gasteiger partial charge on any atom is -0.455 e. The van der Waals surface area contributed by atoms with E-state index >= 15 is 0 Å². The van der Waals surface area contributed by atoms with Gasteiger partial charge in [-0.2, -0.15) is 0 Å². The molecule has 0 N–H and O–H groups in total. The van der Waals surface area contributed by atoms with Crippen molar-refractivity contribution in [3.63, 3.8) is 0 Å². The Morgan fingerprint density at radius 2 is 1.43 bits per heavy atom. The molecule has 21 heavy (non-hydrogen) atoms. The number of carbonyl (C=O) groups is 1. The quantitative estimate of drug-likeness (QED) is 0.478. The highest BCUT2D eigenvalue weighted by atomic mass is 16.5. The summed E-state index contributed by atoms with van der Waals surface area (Å²) in [7, 11) is 0. The van der Waals surface area contributed by atoms with Crippen LogP contribution in [0.25, 0.3) is 0 Å². The van der Waals surface area contributed by atoms with Crippen molar-refractivity contribution in [2.75, 3.05) is 6.61 Å². The standard InChI is InChI=1S/C19H14O2/c20-19(15-14-18-11-5-2-6-12-18)21-16-8-7-13-17-9-3-1-4-10-17/h1-6,9-12H,8,16H2. The molecule has 0 spiro atoms. The zero-order valence-corrected chi connectivity index (χ0v) is 11.5. The maximum atomic E-state index is 11.4. The topological polar surface area (TPSA) is 26.3 Å². The van der Waals surface area contributed by atoms with E-state index in [9.17, 15) is 4.79 Å². The molecule has 0 amide bonds. The molecule has 0 fully saturated rings. The summed E-state index contributed by atoms with van der Waals surface area (Å²) in [5.74, 6) is 10.6. The number of rotatable bonds is 2. The summed E-state index contributed by atoms with van der Waals surface area (Å²) in [6.45, 7) is 0.252. The lowest BCUT2D eigenvalue weighted by Crippen LogP contribution is -2.02. The molecule has 0 aromatic heterocycles. The van der Waals surface area contributed by atoms with Gasteiger partial charge in [-0.25, -0.2) is 4.79 Å². The van der Waals surface area contributed by atoms with Crippen LogP contribution in [0.15, 0.2) is 60.7 Å². The van der Waals surface area contributed by atoms with Crippen LogP contribution in [0.5, 0.6) is 0 Å². The van der Waals surface area contributed by atoms with Crippen molar-refractivity contribution in [1.29, 1.82) is 0 Å². The molecule has 0 saturated carbocycles. The summed E-state index contributed by atoms with van der Waals surface area (Å²) in [4.78, 5) is 11.4. The minimum atomic E-state index is -0.527. The number of hydrogen-bond donors (Lipinski definition) is 0. The molecule has 2 aromatic carbocycles. The fraction of sp³-hybridized carbons (Fsp3) is 0.105. The summed E-state index contributed by atoms with van der Waals surface area (Å²) in [6, 6.07) is 19.0. The molecule has 2 nitrogen and oxygen atoms in total. The van der Waals surface area contributed by atoms with Gasteiger partial charge < -0.3 is 4.74 Å². The fourth-order valence-electron chi connectivity index (χ4n) is 1.56. The molecule has 0 atom stereocenters. The molecule has 0 bridgehead atoms. The van der Waals surface area contributed by atoms with E-state index in [4.69, 9.17) is 4.74 Å². The van der Waals surface area contributed by atoms with Crippen LogP contribution in [0.4, 0.5) is 0 Å². The van der Waals surface area contributed by atoms with Crippen LogP contribution in [0.3, 0.4) is 0 Å². The van der Waals surface area contributed by atoms with Crippen molar-refractivity contribution in [3.8, 4) is 23.7 Å². The molecular weight excluding hydrogens is 260 g/mol. The zero-order valence-electron chi connectivity index (χ0n) is 11.5. The summed E-state index contributed by atoms with van der Waals surface area (Å²) >= 11 is 0. The first kappa shape index (κ1) is 14.4. The Labute approximate surface area is 124 Å². The molecule has 0 radical (unpaired) electrons. The number of hydrogen-bond acceptors (Lipinski definition) is 2. The third-order valence-corrected chi connectivity index (χ3v) is 2.55. The third-order valence-electron chi connectivity index (χ3n) is 2.55. The van der Waals surface area contributed by atoms with Crippen LogP contribution in [0.2, 0.25) is 0 Å². The molecule has 0 aliphatic heterocycles. The molecule has 2 aromatic rings. The van der Waals surface area contributed by atoms with Gasteiger partial charge in [0.2, 0.25) is 0 Å². The molecule has 2 heteroatoms. The molecule has 0 unspecified atom stereocenters. The normalized spacial score (nSPS) is 8.76. The molecule has 2 rings (SSSR count). The van der Waals surface area contributed by atoms with E-state index in [2.05, 4.69) is 23.7 Å². The Balaban J connectivity index is 1.73. The van der Waals surface area contributed by atoms with Gasteiger partial charge in [-0.05, 0) is 24.3 Å².